The van der Waals surface area contributed by atoms with Crippen molar-refractivity contribution in [2.75, 3.05) is 5.32 Å². The molecule has 3 rings (SSSR count). The molecule has 0 aliphatic rings. The number of carbonyl (C=O) groups excluding carboxylic acids is 1. The normalized spacial score (nSPS) is 10.9. The molecule has 2 heterocycles. The van der Waals surface area contributed by atoms with Crippen molar-refractivity contribution in [1.82, 2.24) is 9.97 Å². The number of thiazole rings is 1. The van der Waals surface area contributed by atoms with Crippen LogP contribution in [0.3, 0.4) is 0 Å². The van der Waals surface area contributed by atoms with Crippen LogP contribution in [0.2, 0.25) is 0 Å². The second kappa shape index (κ2) is 7.10. The number of hydrogen-bond acceptors (Lipinski definition) is 6. The Morgan fingerprint density at radius 3 is 2.84 bits per heavy atom. The largest absolute Gasteiger partial charge is 0.504 e. The lowest BCUT2D eigenvalue weighted by molar-refractivity contribution is -0.111. The van der Waals surface area contributed by atoms with Crippen molar-refractivity contribution in [2.24, 2.45) is 0 Å². The van der Waals surface area contributed by atoms with Crippen LogP contribution in [0.25, 0.3) is 17.5 Å². The summed E-state index contributed by atoms with van der Waals surface area (Å²) in [4.78, 5) is 20.0. The van der Waals surface area contributed by atoms with Crippen molar-refractivity contribution in [3.8, 4) is 22.9 Å². The van der Waals surface area contributed by atoms with Crippen LogP contribution in [-0.4, -0.2) is 26.1 Å². The number of rotatable bonds is 4. The van der Waals surface area contributed by atoms with E-state index in [2.05, 4.69) is 15.3 Å². The molecule has 2 aromatic heterocycles. The zero-order valence-corrected chi connectivity index (χ0v) is 13.5. The Kier molecular flexibility index (Phi) is 4.71. The van der Waals surface area contributed by atoms with Gasteiger partial charge < -0.3 is 10.2 Å². The summed E-state index contributed by atoms with van der Waals surface area (Å²) in [5.41, 5.74) is 1.00. The molecule has 8 heteroatoms. The van der Waals surface area contributed by atoms with Crippen LogP contribution in [0.4, 0.5) is 9.52 Å². The summed E-state index contributed by atoms with van der Waals surface area (Å²) in [6.45, 7) is 0. The van der Waals surface area contributed by atoms with E-state index < -0.39 is 11.7 Å². The molecule has 0 saturated carbocycles. The summed E-state index contributed by atoms with van der Waals surface area (Å²) in [6.07, 6.45) is 4.20. The molecule has 1 amide bonds. The van der Waals surface area contributed by atoms with E-state index in [1.165, 1.54) is 42.6 Å². The fourth-order valence-corrected chi connectivity index (χ4v) is 2.68. The molecule has 0 atom stereocenters. The maximum atomic E-state index is 13.7. The lowest BCUT2D eigenvalue weighted by atomic mass is 10.2. The van der Waals surface area contributed by atoms with Gasteiger partial charge in [0.2, 0.25) is 5.91 Å². The molecular weight excluding hydrogens is 345 g/mol. The quantitative estimate of drug-likeness (QED) is 0.491. The van der Waals surface area contributed by atoms with Crippen LogP contribution >= 0.6 is 11.3 Å². The predicted octanol–water partition coefficient (Wildman–Crippen LogP) is 3.41. The van der Waals surface area contributed by atoms with Crippen molar-refractivity contribution < 1.29 is 19.4 Å². The zero-order valence-electron chi connectivity index (χ0n) is 12.7. The topological polar surface area (TPSA) is 95.3 Å². The van der Waals surface area contributed by atoms with Crippen molar-refractivity contribution in [1.29, 1.82) is 0 Å². The summed E-state index contributed by atoms with van der Waals surface area (Å²) in [7, 11) is 0. The highest BCUT2D eigenvalue weighted by atomic mass is 32.1. The molecule has 0 fully saturated rings. The number of phenols is 2. The number of hydrogen-bond donors (Lipinski definition) is 3. The van der Waals surface area contributed by atoms with Gasteiger partial charge in [-0.05, 0) is 35.9 Å². The molecule has 3 aromatic rings. The van der Waals surface area contributed by atoms with Crippen LogP contribution in [0.15, 0.2) is 48.0 Å². The Morgan fingerprint density at radius 2 is 2.08 bits per heavy atom. The molecule has 0 radical (unpaired) electrons. The lowest BCUT2D eigenvalue weighted by Crippen LogP contribution is -2.07. The molecule has 3 N–H and O–H groups in total. The van der Waals surface area contributed by atoms with E-state index in [1.807, 2.05) is 0 Å². The number of benzene rings is 1. The Bertz CT molecular complexity index is 956. The van der Waals surface area contributed by atoms with Gasteiger partial charge in [0, 0.05) is 17.7 Å². The van der Waals surface area contributed by atoms with Crippen LogP contribution in [0, 0.1) is 5.82 Å². The van der Waals surface area contributed by atoms with E-state index in [-0.39, 0.29) is 17.2 Å². The molecule has 0 aliphatic heterocycles. The number of aromatic hydroxyl groups is 2. The highest BCUT2D eigenvalue weighted by Gasteiger charge is 2.11. The minimum absolute atomic E-state index is 0.120. The molecule has 0 aliphatic carbocycles. The first kappa shape index (κ1) is 16.6. The number of carbonyl (C=O) groups is 1. The molecule has 0 unspecified atom stereocenters. The summed E-state index contributed by atoms with van der Waals surface area (Å²) in [5, 5.41) is 23.1. The molecule has 0 spiro atoms. The molecule has 25 heavy (non-hydrogen) atoms. The molecule has 1 aromatic carbocycles. The van der Waals surface area contributed by atoms with E-state index in [9.17, 15) is 19.4 Å². The van der Waals surface area contributed by atoms with Crippen molar-refractivity contribution in [2.45, 2.75) is 0 Å². The van der Waals surface area contributed by atoms with Gasteiger partial charge in [-0.2, -0.15) is 0 Å². The zero-order chi connectivity index (χ0) is 17.8. The van der Waals surface area contributed by atoms with E-state index in [0.29, 0.717) is 16.4 Å². The smallest absolute Gasteiger partial charge is 0.250 e. The van der Waals surface area contributed by atoms with E-state index in [4.69, 9.17) is 0 Å². The van der Waals surface area contributed by atoms with Gasteiger partial charge >= 0.3 is 0 Å². The molecular formula is C17H12FN3O3S. The highest BCUT2D eigenvalue weighted by Crippen LogP contribution is 2.26. The first-order chi connectivity index (χ1) is 12.0. The van der Waals surface area contributed by atoms with E-state index in [1.54, 1.807) is 11.4 Å². The summed E-state index contributed by atoms with van der Waals surface area (Å²) < 4.78 is 13.7. The monoisotopic (exact) mass is 357 g/mol. The number of anilines is 1. The van der Waals surface area contributed by atoms with Gasteiger partial charge in [-0.3, -0.25) is 15.1 Å². The average Bonchev–Trinajstić information content (AvgIpc) is 3.04. The highest BCUT2D eigenvalue weighted by molar-refractivity contribution is 7.14. The Labute approximate surface area is 145 Å². The number of phenolic OH excluding ortho intramolecular Hbond substituents is 2. The molecule has 126 valence electrons. The number of nitrogens with one attached hydrogen (secondary N) is 1. The number of halogens is 1. The summed E-state index contributed by atoms with van der Waals surface area (Å²) in [5.74, 6) is -1.43. The van der Waals surface area contributed by atoms with Crippen LogP contribution in [0.5, 0.6) is 11.5 Å². The molecule has 0 saturated heterocycles. The minimum atomic E-state index is -0.488. The predicted molar refractivity (Wildman–Crippen MR) is 92.7 cm³/mol. The van der Waals surface area contributed by atoms with Gasteiger partial charge in [-0.1, -0.05) is 6.07 Å². The Morgan fingerprint density at radius 1 is 1.24 bits per heavy atom. The molecule has 0 bridgehead atoms. The van der Waals surface area contributed by atoms with Gasteiger partial charge in [0.25, 0.3) is 0 Å². The SMILES string of the molecule is O=C(/C=C/c1ccc(O)c(O)c1)Nc1nc(-c2ncccc2F)cs1. The maximum absolute atomic E-state index is 13.7. The summed E-state index contributed by atoms with van der Waals surface area (Å²) >= 11 is 1.15. The maximum Gasteiger partial charge on any atom is 0.250 e. The Balaban J connectivity index is 1.68. The van der Waals surface area contributed by atoms with Gasteiger partial charge in [0.1, 0.15) is 11.4 Å². The number of pyridine rings is 1. The number of nitrogens with zero attached hydrogens (tertiary/aromatic N) is 2. The second-order valence-corrected chi connectivity index (χ2v) is 5.80. The van der Waals surface area contributed by atoms with Crippen molar-refractivity contribution in [3.05, 3.63) is 59.4 Å². The van der Waals surface area contributed by atoms with Gasteiger partial charge in [-0.25, -0.2) is 9.37 Å². The third-order valence-electron chi connectivity index (χ3n) is 3.16. The standard InChI is InChI=1S/C17H12FN3O3S/c18-11-2-1-7-19-16(11)12-9-25-17(20-12)21-15(24)6-4-10-3-5-13(22)14(23)8-10/h1-9,22-23H,(H,20,21,24)/b6-4+. The van der Waals surface area contributed by atoms with Gasteiger partial charge in [0.15, 0.2) is 22.4 Å². The second-order valence-electron chi connectivity index (χ2n) is 4.94. The summed E-state index contributed by atoms with van der Waals surface area (Å²) in [6, 6.07) is 6.96. The van der Waals surface area contributed by atoms with Gasteiger partial charge in [0.05, 0.1) is 0 Å². The van der Waals surface area contributed by atoms with Crippen molar-refractivity contribution in [3.63, 3.8) is 0 Å². The van der Waals surface area contributed by atoms with Crippen LogP contribution < -0.4 is 5.32 Å². The number of aromatic nitrogens is 2. The minimum Gasteiger partial charge on any atom is -0.504 e. The molecule has 6 nitrogen and oxygen atoms in total. The van der Waals surface area contributed by atoms with E-state index >= 15 is 0 Å². The number of amides is 1. The fraction of sp³-hybridized carbons (Fsp3) is 0. The first-order valence-corrected chi connectivity index (χ1v) is 7.98. The van der Waals surface area contributed by atoms with Gasteiger partial charge in [-0.15, -0.1) is 11.3 Å². The Hall–Kier alpha value is -3.26. The first-order valence-electron chi connectivity index (χ1n) is 7.10. The van der Waals surface area contributed by atoms with Crippen LogP contribution in [-0.2, 0) is 4.79 Å². The van der Waals surface area contributed by atoms with Crippen LogP contribution in [0.1, 0.15) is 5.56 Å². The van der Waals surface area contributed by atoms with Crippen molar-refractivity contribution >= 4 is 28.5 Å². The lowest BCUT2D eigenvalue weighted by Gasteiger charge is -1.99. The average molecular weight is 357 g/mol. The third kappa shape index (κ3) is 3.99. The van der Waals surface area contributed by atoms with E-state index in [0.717, 1.165) is 11.3 Å². The fourth-order valence-electron chi connectivity index (χ4n) is 1.98. The third-order valence-corrected chi connectivity index (χ3v) is 3.92.